The van der Waals surface area contributed by atoms with Crippen molar-refractivity contribution in [3.8, 4) is 6.07 Å². The summed E-state index contributed by atoms with van der Waals surface area (Å²) in [5.74, 6) is -1.87. The van der Waals surface area contributed by atoms with E-state index in [1.54, 1.807) is 6.07 Å². The van der Waals surface area contributed by atoms with E-state index in [1.807, 2.05) is 0 Å². The third kappa shape index (κ3) is 4.42. The lowest BCUT2D eigenvalue weighted by Gasteiger charge is -2.10. The smallest absolute Gasteiger partial charge is 0.338 e. The molecule has 0 bridgehead atoms. The Hall–Kier alpha value is -2.88. The van der Waals surface area contributed by atoms with Crippen LogP contribution in [0.2, 0.25) is 0 Å². The zero-order chi connectivity index (χ0) is 15.1. The highest BCUT2D eigenvalue weighted by Gasteiger charge is 2.16. The summed E-state index contributed by atoms with van der Waals surface area (Å²) in [7, 11) is 0. The fraction of sp³-hybridized carbons (Fsp3) is 0.231. The van der Waals surface area contributed by atoms with Crippen molar-refractivity contribution in [2.45, 2.75) is 19.4 Å². The number of nitrogens with one attached hydrogen (secondary N) is 1. The molecule has 0 heterocycles. The Morgan fingerprint density at radius 3 is 2.45 bits per heavy atom. The van der Waals surface area contributed by atoms with Gasteiger partial charge in [0.05, 0.1) is 11.6 Å². The lowest BCUT2D eigenvalue weighted by atomic mass is 10.2. The standard InChI is InChI=1S/C13H13N3O4/c1-8(12(15)18)20-13(19)9-2-4-10(5-3-9)16-11(17)6-7-14/h2-5,8H,6H2,1H3,(H2,15,18)(H,16,17)/t8-/m1/s1. The number of esters is 1. The molecule has 1 atom stereocenters. The molecule has 7 heteroatoms. The van der Waals surface area contributed by atoms with Crippen LogP contribution in [0.3, 0.4) is 0 Å². The van der Waals surface area contributed by atoms with Crippen LogP contribution < -0.4 is 11.1 Å². The Labute approximate surface area is 115 Å². The Balaban J connectivity index is 2.67. The number of carbonyl (C=O) groups is 3. The monoisotopic (exact) mass is 275 g/mol. The van der Waals surface area contributed by atoms with Crippen molar-refractivity contribution in [1.29, 1.82) is 5.26 Å². The number of amides is 2. The van der Waals surface area contributed by atoms with Gasteiger partial charge in [-0.1, -0.05) is 0 Å². The number of nitrogens with two attached hydrogens (primary N) is 1. The number of nitrogens with zero attached hydrogens (tertiary/aromatic N) is 1. The molecule has 1 aromatic rings. The molecule has 0 saturated carbocycles. The minimum Gasteiger partial charge on any atom is -0.449 e. The summed E-state index contributed by atoms with van der Waals surface area (Å²) in [5, 5.41) is 10.8. The third-order valence-electron chi connectivity index (χ3n) is 2.33. The van der Waals surface area contributed by atoms with Crippen LogP contribution in [0.4, 0.5) is 5.69 Å². The lowest BCUT2D eigenvalue weighted by Crippen LogP contribution is -2.30. The van der Waals surface area contributed by atoms with Gasteiger partial charge in [0.15, 0.2) is 6.10 Å². The number of rotatable bonds is 5. The van der Waals surface area contributed by atoms with Gasteiger partial charge in [0.2, 0.25) is 5.91 Å². The maximum atomic E-state index is 11.6. The summed E-state index contributed by atoms with van der Waals surface area (Å²) < 4.78 is 4.81. The average molecular weight is 275 g/mol. The SMILES string of the molecule is C[C@@H](OC(=O)c1ccc(NC(=O)CC#N)cc1)C(N)=O. The Kier molecular flexibility index (Phi) is 5.23. The second kappa shape index (κ2) is 6.89. The molecule has 20 heavy (non-hydrogen) atoms. The zero-order valence-corrected chi connectivity index (χ0v) is 10.8. The molecule has 0 radical (unpaired) electrons. The van der Waals surface area contributed by atoms with E-state index in [-0.39, 0.29) is 12.0 Å². The van der Waals surface area contributed by atoms with Crippen molar-refractivity contribution in [3.63, 3.8) is 0 Å². The van der Waals surface area contributed by atoms with Crippen LogP contribution in [0.15, 0.2) is 24.3 Å². The number of benzene rings is 1. The van der Waals surface area contributed by atoms with E-state index < -0.39 is 23.9 Å². The highest BCUT2D eigenvalue weighted by molar-refractivity contribution is 5.94. The molecule has 0 aliphatic heterocycles. The number of ether oxygens (including phenoxy) is 1. The van der Waals surface area contributed by atoms with Gasteiger partial charge in [-0.05, 0) is 31.2 Å². The molecule has 0 fully saturated rings. The molecule has 104 valence electrons. The number of anilines is 1. The number of nitriles is 1. The third-order valence-corrected chi connectivity index (χ3v) is 2.33. The van der Waals surface area contributed by atoms with E-state index in [0.717, 1.165) is 0 Å². The van der Waals surface area contributed by atoms with E-state index in [4.69, 9.17) is 15.7 Å². The molecule has 0 saturated heterocycles. The first-order valence-electron chi connectivity index (χ1n) is 5.71. The van der Waals surface area contributed by atoms with Crippen molar-refractivity contribution < 1.29 is 19.1 Å². The van der Waals surface area contributed by atoms with Crippen molar-refractivity contribution in [2.75, 3.05) is 5.32 Å². The van der Waals surface area contributed by atoms with Gasteiger partial charge in [-0.15, -0.1) is 0 Å². The maximum Gasteiger partial charge on any atom is 0.338 e. The molecule has 0 spiro atoms. The molecule has 7 nitrogen and oxygen atoms in total. The Morgan fingerprint density at radius 2 is 1.95 bits per heavy atom. The van der Waals surface area contributed by atoms with Crippen LogP contribution in [0.1, 0.15) is 23.7 Å². The molecule has 1 rings (SSSR count). The van der Waals surface area contributed by atoms with Crippen LogP contribution in [0.25, 0.3) is 0 Å². The molecular weight excluding hydrogens is 262 g/mol. The molecule has 0 aliphatic rings. The summed E-state index contributed by atoms with van der Waals surface area (Å²) in [6.07, 6.45) is -1.27. The van der Waals surface area contributed by atoms with Gasteiger partial charge in [-0.25, -0.2) is 4.79 Å². The second-order valence-corrected chi connectivity index (χ2v) is 3.91. The van der Waals surface area contributed by atoms with Crippen LogP contribution >= 0.6 is 0 Å². The fourth-order valence-corrected chi connectivity index (χ4v) is 1.25. The minimum absolute atomic E-state index is 0.219. The molecular formula is C13H13N3O4. The predicted octanol–water partition coefficient (Wildman–Crippen LogP) is 0.569. The van der Waals surface area contributed by atoms with E-state index in [0.29, 0.717) is 5.69 Å². The Bertz CT molecular complexity index is 560. The molecule has 0 unspecified atom stereocenters. The van der Waals surface area contributed by atoms with Gasteiger partial charge in [-0.3, -0.25) is 9.59 Å². The minimum atomic E-state index is -1.02. The van der Waals surface area contributed by atoms with Gasteiger partial charge >= 0.3 is 5.97 Å². The van der Waals surface area contributed by atoms with Crippen LogP contribution in [0, 0.1) is 11.3 Å². The highest BCUT2D eigenvalue weighted by atomic mass is 16.5. The zero-order valence-electron chi connectivity index (χ0n) is 10.8. The maximum absolute atomic E-state index is 11.6. The van der Waals surface area contributed by atoms with Crippen molar-refractivity contribution in [1.82, 2.24) is 0 Å². The summed E-state index contributed by atoms with van der Waals surface area (Å²) in [6, 6.07) is 7.55. The van der Waals surface area contributed by atoms with E-state index in [9.17, 15) is 14.4 Å². The molecule has 2 amide bonds. The van der Waals surface area contributed by atoms with Gasteiger partial charge in [0.25, 0.3) is 5.91 Å². The number of hydrogen-bond donors (Lipinski definition) is 2. The first kappa shape index (κ1) is 15.2. The van der Waals surface area contributed by atoms with Gasteiger partial charge in [0.1, 0.15) is 6.42 Å². The molecule has 1 aromatic carbocycles. The van der Waals surface area contributed by atoms with Crippen molar-refractivity contribution in [3.05, 3.63) is 29.8 Å². The topological polar surface area (TPSA) is 122 Å². The molecule has 0 aromatic heterocycles. The van der Waals surface area contributed by atoms with Gasteiger partial charge in [-0.2, -0.15) is 5.26 Å². The number of primary amides is 1. The van der Waals surface area contributed by atoms with Gasteiger partial charge in [0, 0.05) is 5.69 Å². The normalized spacial score (nSPS) is 11.0. The second-order valence-electron chi connectivity index (χ2n) is 3.91. The van der Waals surface area contributed by atoms with E-state index in [2.05, 4.69) is 5.32 Å². The summed E-state index contributed by atoms with van der Waals surface area (Å²) in [5.41, 5.74) is 5.65. The largest absolute Gasteiger partial charge is 0.449 e. The van der Waals surface area contributed by atoms with Crippen molar-refractivity contribution >= 4 is 23.5 Å². The van der Waals surface area contributed by atoms with E-state index in [1.165, 1.54) is 31.2 Å². The summed E-state index contributed by atoms with van der Waals surface area (Å²) in [6.45, 7) is 1.37. The predicted molar refractivity (Wildman–Crippen MR) is 69.4 cm³/mol. The molecule has 3 N–H and O–H groups in total. The number of carbonyl (C=O) groups excluding carboxylic acids is 3. The van der Waals surface area contributed by atoms with Crippen LogP contribution in [-0.2, 0) is 14.3 Å². The fourth-order valence-electron chi connectivity index (χ4n) is 1.25. The summed E-state index contributed by atoms with van der Waals surface area (Å²) >= 11 is 0. The van der Waals surface area contributed by atoms with Crippen molar-refractivity contribution in [2.24, 2.45) is 5.73 Å². The average Bonchev–Trinajstić information content (AvgIpc) is 2.39. The molecule has 0 aliphatic carbocycles. The quantitative estimate of drug-likeness (QED) is 0.760. The van der Waals surface area contributed by atoms with Gasteiger partial charge < -0.3 is 15.8 Å². The first-order chi connectivity index (χ1) is 9.43. The highest BCUT2D eigenvalue weighted by Crippen LogP contribution is 2.11. The van der Waals surface area contributed by atoms with Crippen LogP contribution in [-0.4, -0.2) is 23.9 Å². The van der Waals surface area contributed by atoms with Crippen LogP contribution in [0.5, 0.6) is 0 Å². The Morgan fingerprint density at radius 1 is 1.35 bits per heavy atom. The number of hydrogen-bond acceptors (Lipinski definition) is 5. The first-order valence-corrected chi connectivity index (χ1v) is 5.71. The van der Waals surface area contributed by atoms with E-state index >= 15 is 0 Å². The summed E-state index contributed by atoms with van der Waals surface area (Å²) in [4.78, 5) is 33.6. The lowest BCUT2D eigenvalue weighted by molar-refractivity contribution is -0.125.